The quantitative estimate of drug-likeness (QED) is 0.706. The number of aliphatic hydroxyl groups excluding tert-OH is 1. The molecule has 28 heavy (non-hydrogen) atoms. The summed E-state index contributed by atoms with van der Waals surface area (Å²) in [5.41, 5.74) is 1.54. The summed E-state index contributed by atoms with van der Waals surface area (Å²) < 4.78 is 0. The van der Waals surface area contributed by atoms with E-state index in [0.717, 1.165) is 4.90 Å². The van der Waals surface area contributed by atoms with E-state index in [9.17, 15) is 24.3 Å². The van der Waals surface area contributed by atoms with E-state index in [0.29, 0.717) is 16.9 Å². The minimum Gasteiger partial charge on any atom is -0.502 e. The lowest BCUT2D eigenvalue weighted by Gasteiger charge is -2.15. The van der Waals surface area contributed by atoms with Crippen molar-refractivity contribution in [2.75, 3.05) is 15.5 Å². The molecule has 0 aromatic heterocycles. The predicted octanol–water partition coefficient (Wildman–Crippen LogP) is 2.45. The highest BCUT2D eigenvalue weighted by atomic mass is 16.3. The van der Waals surface area contributed by atoms with Crippen LogP contribution in [0.3, 0.4) is 0 Å². The highest BCUT2D eigenvalue weighted by molar-refractivity contribution is 6.44. The van der Waals surface area contributed by atoms with Gasteiger partial charge >= 0.3 is 5.91 Å². The maximum atomic E-state index is 12.8. The summed E-state index contributed by atoms with van der Waals surface area (Å²) in [7, 11) is 0. The molecule has 3 rings (SSSR count). The molecule has 8 nitrogen and oxygen atoms in total. The molecule has 8 heteroatoms. The van der Waals surface area contributed by atoms with Gasteiger partial charge in [-0.25, -0.2) is 4.90 Å². The van der Waals surface area contributed by atoms with Gasteiger partial charge in [0.1, 0.15) is 0 Å². The molecular weight excluding hydrogens is 362 g/mol. The lowest BCUT2D eigenvalue weighted by molar-refractivity contribution is -0.121. The van der Waals surface area contributed by atoms with Gasteiger partial charge < -0.3 is 15.7 Å². The van der Waals surface area contributed by atoms with Crippen LogP contribution in [0, 0.1) is 0 Å². The maximum Gasteiger partial charge on any atom is 0.301 e. The standard InChI is InChI=1S/C20H17N3O5/c1-11(24)21-14-5-3-13(4-6-14)17-18(26)20(28)23(19(17)27)16-9-7-15(8-10-16)22-12(2)25/h3-10,26H,1-2H3,(H,21,24)(H,22,25). The van der Waals surface area contributed by atoms with Crippen LogP contribution in [0.25, 0.3) is 5.57 Å². The molecule has 1 aliphatic heterocycles. The SMILES string of the molecule is CC(=O)Nc1ccc(C2=C(O)C(=O)N(c3ccc(NC(C)=O)cc3)C2=O)cc1. The van der Waals surface area contributed by atoms with Crippen molar-refractivity contribution in [3.8, 4) is 0 Å². The fourth-order valence-electron chi connectivity index (χ4n) is 2.83. The zero-order chi connectivity index (χ0) is 20.4. The molecule has 0 radical (unpaired) electrons. The highest BCUT2D eigenvalue weighted by Gasteiger charge is 2.40. The number of anilines is 3. The number of aliphatic hydroxyl groups is 1. The first-order chi connectivity index (χ1) is 13.3. The second-order valence-electron chi connectivity index (χ2n) is 6.16. The van der Waals surface area contributed by atoms with Crippen molar-refractivity contribution in [1.82, 2.24) is 0 Å². The highest BCUT2D eigenvalue weighted by Crippen LogP contribution is 2.32. The Balaban J connectivity index is 1.87. The molecule has 0 unspecified atom stereocenters. The minimum absolute atomic E-state index is 0.120. The number of carbonyl (C=O) groups is 4. The van der Waals surface area contributed by atoms with E-state index < -0.39 is 17.6 Å². The predicted molar refractivity (Wildman–Crippen MR) is 104 cm³/mol. The molecular formula is C20H17N3O5. The summed E-state index contributed by atoms with van der Waals surface area (Å²) in [6, 6.07) is 12.3. The first kappa shape index (κ1) is 18.8. The van der Waals surface area contributed by atoms with Gasteiger partial charge in [0.15, 0.2) is 5.76 Å². The number of benzene rings is 2. The Labute approximate surface area is 160 Å². The van der Waals surface area contributed by atoms with Gasteiger partial charge in [-0.2, -0.15) is 0 Å². The molecule has 0 saturated heterocycles. The van der Waals surface area contributed by atoms with Gasteiger partial charge in [-0.15, -0.1) is 0 Å². The fourth-order valence-corrected chi connectivity index (χ4v) is 2.83. The van der Waals surface area contributed by atoms with Gasteiger partial charge in [0.2, 0.25) is 11.8 Å². The van der Waals surface area contributed by atoms with Crippen LogP contribution >= 0.6 is 0 Å². The third kappa shape index (κ3) is 3.61. The van der Waals surface area contributed by atoms with Crippen LogP contribution < -0.4 is 15.5 Å². The molecule has 2 aromatic carbocycles. The molecule has 0 saturated carbocycles. The Kier molecular flexibility index (Phi) is 4.95. The Hall–Kier alpha value is -3.94. The molecule has 0 bridgehead atoms. The summed E-state index contributed by atoms with van der Waals surface area (Å²) in [5.74, 6) is -2.63. The van der Waals surface area contributed by atoms with Gasteiger partial charge in [-0.1, -0.05) is 12.1 Å². The average Bonchev–Trinajstić information content (AvgIpc) is 2.85. The van der Waals surface area contributed by atoms with Crippen LogP contribution in [0.1, 0.15) is 19.4 Å². The number of nitrogens with one attached hydrogen (secondary N) is 2. The Morgan fingerprint density at radius 3 is 1.71 bits per heavy atom. The normalized spacial score (nSPS) is 13.7. The number of hydrogen-bond acceptors (Lipinski definition) is 5. The molecule has 3 N–H and O–H groups in total. The Morgan fingerprint density at radius 1 is 0.786 bits per heavy atom. The van der Waals surface area contributed by atoms with Crippen molar-refractivity contribution in [3.05, 3.63) is 59.9 Å². The van der Waals surface area contributed by atoms with E-state index in [1.54, 1.807) is 24.3 Å². The molecule has 0 fully saturated rings. The lowest BCUT2D eigenvalue weighted by Crippen LogP contribution is -2.31. The van der Waals surface area contributed by atoms with Gasteiger partial charge in [0.05, 0.1) is 11.3 Å². The second kappa shape index (κ2) is 7.36. The average molecular weight is 379 g/mol. The van der Waals surface area contributed by atoms with Crippen molar-refractivity contribution >= 4 is 46.3 Å². The number of nitrogens with zero attached hydrogens (tertiary/aromatic N) is 1. The van der Waals surface area contributed by atoms with Crippen molar-refractivity contribution < 1.29 is 24.3 Å². The van der Waals surface area contributed by atoms with Crippen LogP contribution in [-0.4, -0.2) is 28.7 Å². The van der Waals surface area contributed by atoms with Gasteiger partial charge in [-0.3, -0.25) is 19.2 Å². The molecule has 2 aromatic rings. The Bertz CT molecular complexity index is 1010. The summed E-state index contributed by atoms with van der Waals surface area (Å²) in [5, 5.41) is 15.4. The molecule has 0 aliphatic carbocycles. The zero-order valence-electron chi connectivity index (χ0n) is 15.1. The number of imide groups is 1. The zero-order valence-corrected chi connectivity index (χ0v) is 15.1. The van der Waals surface area contributed by atoms with E-state index >= 15 is 0 Å². The third-order valence-electron chi connectivity index (χ3n) is 4.00. The molecule has 1 heterocycles. The van der Waals surface area contributed by atoms with Crippen molar-refractivity contribution in [2.24, 2.45) is 0 Å². The Morgan fingerprint density at radius 2 is 1.25 bits per heavy atom. The number of carbonyl (C=O) groups excluding carboxylic acids is 4. The van der Waals surface area contributed by atoms with Crippen LogP contribution in [0.4, 0.5) is 17.1 Å². The molecule has 142 valence electrons. The van der Waals surface area contributed by atoms with Crippen LogP contribution in [0.15, 0.2) is 54.3 Å². The van der Waals surface area contributed by atoms with Crippen molar-refractivity contribution in [1.29, 1.82) is 0 Å². The van der Waals surface area contributed by atoms with Gasteiger partial charge in [-0.05, 0) is 42.0 Å². The number of amides is 4. The molecule has 4 amide bonds. The van der Waals surface area contributed by atoms with Gasteiger partial charge in [0, 0.05) is 25.2 Å². The van der Waals surface area contributed by atoms with E-state index in [4.69, 9.17) is 0 Å². The van der Waals surface area contributed by atoms with E-state index in [-0.39, 0.29) is 23.1 Å². The van der Waals surface area contributed by atoms with Crippen LogP contribution in [0.2, 0.25) is 0 Å². The van der Waals surface area contributed by atoms with Crippen molar-refractivity contribution in [3.63, 3.8) is 0 Å². The monoisotopic (exact) mass is 379 g/mol. The number of rotatable bonds is 4. The summed E-state index contributed by atoms with van der Waals surface area (Å²) in [6.45, 7) is 2.74. The molecule has 0 spiro atoms. The smallest absolute Gasteiger partial charge is 0.301 e. The molecule has 1 aliphatic rings. The minimum atomic E-state index is -0.835. The van der Waals surface area contributed by atoms with E-state index in [2.05, 4.69) is 10.6 Å². The van der Waals surface area contributed by atoms with Crippen LogP contribution in [-0.2, 0) is 19.2 Å². The largest absolute Gasteiger partial charge is 0.502 e. The summed E-state index contributed by atoms with van der Waals surface area (Å²) >= 11 is 0. The van der Waals surface area contributed by atoms with Crippen molar-refractivity contribution in [2.45, 2.75) is 13.8 Å². The summed E-state index contributed by atoms with van der Waals surface area (Å²) in [6.07, 6.45) is 0. The van der Waals surface area contributed by atoms with E-state index in [1.807, 2.05) is 0 Å². The van der Waals surface area contributed by atoms with Gasteiger partial charge in [0.25, 0.3) is 5.91 Å². The maximum absolute atomic E-state index is 12.8. The number of hydrogen-bond donors (Lipinski definition) is 3. The first-order valence-corrected chi connectivity index (χ1v) is 8.35. The second-order valence-corrected chi connectivity index (χ2v) is 6.16. The third-order valence-corrected chi connectivity index (χ3v) is 4.00. The first-order valence-electron chi connectivity index (χ1n) is 8.35. The molecule has 0 atom stereocenters. The lowest BCUT2D eigenvalue weighted by atomic mass is 10.1. The topological polar surface area (TPSA) is 116 Å². The fraction of sp³-hybridized carbons (Fsp3) is 0.100. The summed E-state index contributed by atoms with van der Waals surface area (Å²) in [4.78, 5) is 48.3. The van der Waals surface area contributed by atoms with E-state index in [1.165, 1.54) is 38.1 Å². The van der Waals surface area contributed by atoms with Crippen LogP contribution in [0.5, 0.6) is 0 Å².